The minimum Gasteiger partial charge on any atom is -0.352 e. The van der Waals surface area contributed by atoms with E-state index in [1.54, 1.807) is 6.07 Å². The van der Waals surface area contributed by atoms with Crippen molar-refractivity contribution in [2.24, 2.45) is 0 Å². The predicted molar refractivity (Wildman–Crippen MR) is 83.0 cm³/mol. The van der Waals surface area contributed by atoms with Crippen molar-refractivity contribution in [2.75, 3.05) is 20.1 Å². The Morgan fingerprint density at radius 1 is 1.32 bits per heavy atom. The molecule has 0 radical (unpaired) electrons. The standard InChI is InChI=1S/C15H24N2OS/c1-12(2)17(3)11-7-6-10-16-15(18)13-8-4-5-9-14(13)19/h4-5,8-9,12,19H,6-7,10-11H2,1-3H3,(H,16,18). The zero-order chi connectivity index (χ0) is 14.3. The summed E-state index contributed by atoms with van der Waals surface area (Å²) in [4.78, 5) is 14.9. The highest BCUT2D eigenvalue weighted by molar-refractivity contribution is 7.80. The van der Waals surface area contributed by atoms with Crippen LogP contribution in [0.1, 0.15) is 37.0 Å². The van der Waals surface area contributed by atoms with Crippen molar-refractivity contribution >= 4 is 18.5 Å². The molecule has 0 atom stereocenters. The first kappa shape index (κ1) is 16.1. The maximum absolute atomic E-state index is 11.9. The fourth-order valence-corrected chi connectivity index (χ4v) is 1.97. The topological polar surface area (TPSA) is 32.3 Å². The van der Waals surface area contributed by atoms with Crippen LogP contribution in [-0.2, 0) is 0 Å². The summed E-state index contributed by atoms with van der Waals surface area (Å²) in [7, 11) is 2.13. The molecule has 1 N–H and O–H groups in total. The highest BCUT2D eigenvalue weighted by atomic mass is 32.1. The summed E-state index contributed by atoms with van der Waals surface area (Å²) in [5.41, 5.74) is 0.644. The summed E-state index contributed by atoms with van der Waals surface area (Å²) in [6, 6.07) is 7.93. The van der Waals surface area contributed by atoms with E-state index < -0.39 is 0 Å². The number of unbranched alkanes of at least 4 members (excludes halogenated alkanes) is 1. The van der Waals surface area contributed by atoms with E-state index in [4.69, 9.17) is 0 Å². The van der Waals surface area contributed by atoms with Crippen molar-refractivity contribution in [3.63, 3.8) is 0 Å². The number of carbonyl (C=O) groups is 1. The van der Waals surface area contributed by atoms with Crippen molar-refractivity contribution in [3.05, 3.63) is 29.8 Å². The highest BCUT2D eigenvalue weighted by Gasteiger charge is 2.07. The maximum atomic E-state index is 11.9. The molecule has 1 aromatic carbocycles. The molecule has 0 unspecified atom stereocenters. The van der Waals surface area contributed by atoms with Gasteiger partial charge in [0.15, 0.2) is 0 Å². The molecule has 1 amide bonds. The zero-order valence-corrected chi connectivity index (χ0v) is 12.9. The van der Waals surface area contributed by atoms with Crippen LogP contribution in [-0.4, -0.2) is 37.0 Å². The zero-order valence-electron chi connectivity index (χ0n) is 12.0. The van der Waals surface area contributed by atoms with Crippen molar-refractivity contribution in [3.8, 4) is 0 Å². The monoisotopic (exact) mass is 280 g/mol. The average Bonchev–Trinajstić information content (AvgIpc) is 2.38. The molecule has 0 aliphatic carbocycles. The van der Waals surface area contributed by atoms with Crippen LogP contribution in [0, 0.1) is 0 Å². The van der Waals surface area contributed by atoms with Gasteiger partial charge in [0.05, 0.1) is 5.56 Å². The molecule has 19 heavy (non-hydrogen) atoms. The molecule has 4 heteroatoms. The van der Waals surface area contributed by atoms with Gasteiger partial charge in [0.1, 0.15) is 0 Å². The molecule has 106 valence electrons. The van der Waals surface area contributed by atoms with Gasteiger partial charge in [-0.15, -0.1) is 12.6 Å². The summed E-state index contributed by atoms with van der Waals surface area (Å²) in [6.45, 7) is 6.15. The van der Waals surface area contributed by atoms with Crippen LogP contribution in [0.5, 0.6) is 0 Å². The first-order chi connectivity index (χ1) is 9.02. The number of amides is 1. The fraction of sp³-hybridized carbons (Fsp3) is 0.533. The molecule has 0 fully saturated rings. The van der Waals surface area contributed by atoms with E-state index in [2.05, 4.69) is 43.7 Å². The Kier molecular flexibility index (Phi) is 6.95. The van der Waals surface area contributed by atoms with Crippen LogP contribution in [0.3, 0.4) is 0 Å². The van der Waals surface area contributed by atoms with E-state index in [9.17, 15) is 4.79 Å². The van der Waals surface area contributed by atoms with E-state index >= 15 is 0 Å². The lowest BCUT2D eigenvalue weighted by molar-refractivity contribution is 0.0949. The fourth-order valence-electron chi connectivity index (χ4n) is 1.71. The molecule has 0 aliphatic rings. The number of hydrogen-bond donors (Lipinski definition) is 2. The molecule has 0 saturated heterocycles. The molecule has 0 spiro atoms. The first-order valence-electron chi connectivity index (χ1n) is 6.78. The highest BCUT2D eigenvalue weighted by Crippen LogP contribution is 2.12. The minimum atomic E-state index is -0.0391. The van der Waals surface area contributed by atoms with Crippen LogP contribution < -0.4 is 5.32 Å². The SMILES string of the molecule is CC(C)N(C)CCCCNC(=O)c1ccccc1S. The third-order valence-electron chi connectivity index (χ3n) is 3.25. The van der Waals surface area contributed by atoms with Crippen LogP contribution in [0.4, 0.5) is 0 Å². The Balaban J connectivity index is 2.23. The van der Waals surface area contributed by atoms with Crippen LogP contribution in [0.25, 0.3) is 0 Å². The third kappa shape index (κ3) is 5.66. The lowest BCUT2D eigenvalue weighted by Crippen LogP contribution is -2.29. The molecular weight excluding hydrogens is 256 g/mol. The Morgan fingerprint density at radius 3 is 2.63 bits per heavy atom. The van der Waals surface area contributed by atoms with Crippen molar-refractivity contribution in [2.45, 2.75) is 37.6 Å². The largest absolute Gasteiger partial charge is 0.352 e. The van der Waals surface area contributed by atoms with E-state index in [0.29, 0.717) is 18.2 Å². The van der Waals surface area contributed by atoms with Crippen LogP contribution in [0.2, 0.25) is 0 Å². The number of hydrogen-bond acceptors (Lipinski definition) is 3. The summed E-state index contributed by atoms with van der Waals surface area (Å²) in [5, 5.41) is 2.94. The Labute approximate surface area is 121 Å². The van der Waals surface area contributed by atoms with Gasteiger partial charge in [-0.05, 0) is 52.4 Å². The van der Waals surface area contributed by atoms with Gasteiger partial charge in [0.2, 0.25) is 0 Å². The molecule has 0 bridgehead atoms. The summed E-state index contributed by atoms with van der Waals surface area (Å²) in [5.74, 6) is -0.0391. The second-order valence-corrected chi connectivity index (χ2v) is 5.54. The second-order valence-electron chi connectivity index (χ2n) is 5.05. The molecule has 1 aromatic rings. The van der Waals surface area contributed by atoms with Crippen molar-refractivity contribution in [1.82, 2.24) is 10.2 Å². The van der Waals surface area contributed by atoms with Gasteiger partial charge in [-0.3, -0.25) is 4.79 Å². The Morgan fingerprint density at radius 2 is 2.00 bits per heavy atom. The van der Waals surface area contributed by atoms with Crippen molar-refractivity contribution < 1.29 is 4.79 Å². The van der Waals surface area contributed by atoms with E-state index in [0.717, 1.165) is 24.3 Å². The summed E-state index contributed by atoms with van der Waals surface area (Å²) >= 11 is 4.28. The molecule has 1 rings (SSSR count). The molecule has 0 heterocycles. The Hall–Kier alpha value is -1.00. The normalized spacial score (nSPS) is 11.1. The molecule has 3 nitrogen and oxygen atoms in total. The van der Waals surface area contributed by atoms with Gasteiger partial charge < -0.3 is 10.2 Å². The number of nitrogens with one attached hydrogen (secondary N) is 1. The minimum absolute atomic E-state index is 0.0391. The molecule has 0 aromatic heterocycles. The number of nitrogens with zero attached hydrogens (tertiary/aromatic N) is 1. The maximum Gasteiger partial charge on any atom is 0.252 e. The van der Waals surface area contributed by atoms with Gasteiger partial charge in [-0.25, -0.2) is 0 Å². The van der Waals surface area contributed by atoms with Crippen LogP contribution in [0.15, 0.2) is 29.2 Å². The van der Waals surface area contributed by atoms with E-state index in [1.165, 1.54) is 0 Å². The van der Waals surface area contributed by atoms with Gasteiger partial charge in [-0.2, -0.15) is 0 Å². The van der Waals surface area contributed by atoms with Gasteiger partial charge in [0, 0.05) is 17.5 Å². The van der Waals surface area contributed by atoms with E-state index in [1.807, 2.05) is 18.2 Å². The van der Waals surface area contributed by atoms with Gasteiger partial charge in [-0.1, -0.05) is 12.1 Å². The molecular formula is C15H24N2OS. The summed E-state index contributed by atoms with van der Waals surface area (Å²) < 4.78 is 0. The predicted octanol–water partition coefficient (Wildman–Crippen LogP) is 2.83. The quantitative estimate of drug-likeness (QED) is 0.594. The summed E-state index contributed by atoms with van der Waals surface area (Å²) in [6.07, 6.45) is 2.09. The Bertz CT molecular complexity index is 407. The smallest absolute Gasteiger partial charge is 0.252 e. The molecule has 0 aliphatic heterocycles. The third-order valence-corrected chi connectivity index (χ3v) is 3.64. The number of rotatable bonds is 7. The molecule has 0 saturated carbocycles. The van der Waals surface area contributed by atoms with Crippen LogP contribution >= 0.6 is 12.6 Å². The number of carbonyl (C=O) groups excluding carboxylic acids is 1. The van der Waals surface area contributed by atoms with E-state index in [-0.39, 0.29) is 5.91 Å². The average molecular weight is 280 g/mol. The van der Waals surface area contributed by atoms with Gasteiger partial charge in [0.25, 0.3) is 5.91 Å². The second kappa shape index (κ2) is 8.23. The van der Waals surface area contributed by atoms with Crippen molar-refractivity contribution in [1.29, 1.82) is 0 Å². The lowest BCUT2D eigenvalue weighted by Gasteiger charge is -2.20. The van der Waals surface area contributed by atoms with Gasteiger partial charge >= 0.3 is 0 Å². The first-order valence-corrected chi connectivity index (χ1v) is 7.23. The lowest BCUT2D eigenvalue weighted by atomic mass is 10.2. The number of benzene rings is 1. The number of thiol groups is 1.